The van der Waals surface area contributed by atoms with Crippen LogP contribution in [0, 0.1) is 0 Å². The number of amides is 2. The lowest BCUT2D eigenvalue weighted by Crippen LogP contribution is -2.53. The van der Waals surface area contributed by atoms with Crippen LogP contribution in [0.5, 0.6) is 0 Å². The molecule has 0 aliphatic rings. The maximum absolute atomic E-state index is 14.2. The van der Waals surface area contributed by atoms with Crippen molar-refractivity contribution in [3.8, 4) is 0 Å². The maximum Gasteiger partial charge on any atom is 0.264 e. The van der Waals surface area contributed by atoms with Gasteiger partial charge in [-0.1, -0.05) is 87.3 Å². The molecule has 0 aliphatic carbocycles. The van der Waals surface area contributed by atoms with E-state index in [9.17, 15) is 18.0 Å². The van der Waals surface area contributed by atoms with E-state index in [-0.39, 0.29) is 29.3 Å². The van der Waals surface area contributed by atoms with Crippen LogP contribution in [0.1, 0.15) is 64.5 Å². The molecule has 0 aromatic heterocycles. The van der Waals surface area contributed by atoms with Crippen LogP contribution in [-0.4, -0.2) is 43.8 Å². The van der Waals surface area contributed by atoms with Crippen molar-refractivity contribution in [2.45, 2.75) is 76.9 Å². The highest BCUT2D eigenvalue weighted by atomic mass is 35.5. The van der Waals surface area contributed by atoms with Gasteiger partial charge in [0, 0.05) is 28.2 Å². The van der Waals surface area contributed by atoms with Crippen molar-refractivity contribution in [1.82, 2.24) is 10.2 Å². The van der Waals surface area contributed by atoms with Crippen LogP contribution in [-0.2, 0) is 26.2 Å². The molecule has 3 aromatic rings. The number of carbonyl (C=O) groups is 2. The van der Waals surface area contributed by atoms with Gasteiger partial charge in [0.15, 0.2) is 0 Å². The zero-order valence-corrected chi connectivity index (χ0v) is 27.0. The summed E-state index contributed by atoms with van der Waals surface area (Å²) in [4.78, 5) is 29.1. The predicted octanol–water partition coefficient (Wildman–Crippen LogP) is 7.03. The van der Waals surface area contributed by atoms with Gasteiger partial charge in [-0.15, -0.1) is 0 Å². The quantitative estimate of drug-likeness (QED) is 0.219. The highest BCUT2D eigenvalue weighted by Crippen LogP contribution is 2.29. The normalized spacial score (nSPS) is 13.0. The van der Waals surface area contributed by atoms with E-state index in [4.69, 9.17) is 23.2 Å². The molecule has 0 saturated carbocycles. The second kappa shape index (κ2) is 14.9. The lowest BCUT2D eigenvalue weighted by Gasteiger charge is -2.34. The summed E-state index contributed by atoms with van der Waals surface area (Å²) < 4.78 is 29.0. The number of rotatable bonds is 13. The van der Waals surface area contributed by atoms with Crippen molar-refractivity contribution in [2.24, 2.45) is 0 Å². The Hall–Kier alpha value is -3.07. The minimum Gasteiger partial charge on any atom is -0.352 e. The summed E-state index contributed by atoms with van der Waals surface area (Å²) in [6.45, 7) is 9.13. The molecule has 226 valence electrons. The average molecular weight is 633 g/mol. The first-order valence-corrected chi connectivity index (χ1v) is 16.3. The fraction of sp³-hybridized carbons (Fsp3) is 0.375. The number of nitrogens with zero attached hydrogens (tertiary/aromatic N) is 2. The van der Waals surface area contributed by atoms with Gasteiger partial charge in [0.25, 0.3) is 10.0 Å². The van der Waals surface area contributed by atoms with Gasteiger partial charge in [0.2, 0.25) is 11.8 Å². The number of hydrogen-bond donors (Lipinski definition) is 1. The van der Waals surface area contributed by atoms with E-state index < -0.39 is 28.5 Å². The third kappa shape index (κ3) is 8.06. The molecule has 2 unspecified atom stereocenters. The van der Waals surface area contributed by atoms with Gasteiger partial charge in [-0.25, -0.2) is 8.42 Å². The summed E-state index contributed by atoms with van der Waals surface area (Å²) in [5.41, 5.74) is 1.84. The Labute approximate surface area is 259 Å². The second-order valence-corrected chi connectivity index (χ2v) is 13.2. The summed E-state index contributed by atoms with van der Waals surface area (Å²) in [5, 5.41) is 3.64. The van der Waals surface area contributed by atoms with E-state index in [0.29, 0.717) is 34.1 Å². The Kier molecular flexibility index (Phi) is 11.9. The Balaban J connectivity index is 2.10. The number of hydrogen-bond acceptors (Lipinski definition) is 4. The van der Waals surface area contributed by atoms with Crippen molar-refractivity contribution in [1.29, 1.82) is 0 Å². The first-order chi connectivity index (χ1) is 19.9. The molecule has 0 saturated heterocycles. The fourth-order valence-corrected chi connectivity index (χ4v) is 6.44. The number of sulfonamides is 1. The van der Waals surface area contributed by atoms with Crippen molar-refractivity contribution in [3.05, 3.63) is 94.0 Å². The monoisotopic (exact) mass is 631 g/mol. The first kappa shape index (κ1) is 33.4. The van der Waals surface area contributed by atoms with Crippen LogP contribution in [0.2, 0.25) is 10.0 Å². The molecule has 0 fully saturated rings. The Morgan fingerprint density at radius 3 is 1.95 bits per heavy atom. The second-order valence-electron chi connectivity index (χ2n) is 10.5. The summed E-state index contributed by atoms with van der Waals surface area (Å²) in [6, 6.07) is 19.1. The molecule has 0 heterocycles. The number of nitrogens with one attached hydrogen (secondary N) is 1. The standard InChI is InChI=1S/C32H39Cl2N3O4S/c1-6-23(5)35-32(39)30(7-2)36(20-27-28(33)14-11-15-29(27)34)31(38)21-37(25-18-16-24(17-19-25)22(3)4)42(40,41)26-12-9-8-10-13-26/h8-19,22-23,30H,6-7,20-21H2,1-5H3,(H,35,39). The molecule has 10 heteroatoms. The van der Waals surface area contributed by atoms with Crippen molar-refractivity contribution >= 4 is 50.7 Å². The molecular weight excluding hydrogens is 593 g/mol. The van der Waals surface area contributed by atoms with Crippen molar-refractivity contribution in [2.75, 3.05) is 10.8 Å². The first-order valence-electron chi connectivity index (χ1n) is 14.1. The minimum absolute atomic E-state index is 0.0491. The summed E-state index contributed by atoms with van der Waals surface area (Å²) in [6.07, 6.45) is 1.01. The van der Waals surface area contributed by atoms with E-state index in [1.165, 1.54) is 17.0 Å². The summed E-state index contributed by atoms with van der Waals surface area (Å²) in [5.74, 6) is -0.656. The average Bonchev–Trinajstić information content (AvgIpc) is 2.97. The SMILES string of the molecule is CCC(C)NC(=O)C(CC)N(Cc1c(Cl)cccc1Cl)C(=O)CN(c1ccc(C(C)C)cc1)S(=O)(=O)c1ccccc1. The van der Waals surface area contributed by atoms with Gasteiger partial charge < -0.3 is 10.2 Å². The van der Waals surface area contributed by atoms with Crippen molar-refractivity contribution in [3.63, 3.8) is 0 Å². The van der Waals surface area contributed by atoms with Crippen LogP contribution in [0.4, 0.5) is 5.69 Å². The third-order valence-electron chi connectivity index (χ3n) is 7.23. The van der Waals surface area contributed by atoms with Gasteiger partial charge in [-0.2, -0.15) is 0 Å². The molecule has 42 heavy (non-hydrogen) atoms. The molecule has 0 radical (unpaired) electrons. The largest absolute Gasteiger partial charge is 0.352 e. The molecule has 0 bridgehead atoms. The van der Waals surface area contributed by atoms with Crippen LogP contribution >= 0.6 is 23.2 Å². The molecule has 3 rings (SSSR count). The Morgan fingerprint density at radius 1 is 0.833 bits per heavy atom. The topological polar surface area (TPSA) is 86.8 Å². The molecule has 0 aliphatic heterocycles. The van der Waals surface area contributed by atoms with Gasteiger partial charge in [-0.3, -0.25) is 13.9 Å². The minimum atomic E-state index is -4.15. The number of halogens is 2. The van der Waals surface area contributed by atoms with Crippen LogP contribution in [0.3, 0.4) is 0 Å². The van der Waals surface area contributed by atoms with Gasteiger partial charge in [0.1, 0.15) is 12.6 Å². The number of benzene rings is 3. The predicted molar refractivity (Wildman–Crippen MR) is 170 cm³/mol. The molecule has 1 N–H and O–H groups in total. The zero-order chi connectivity index (χ0) is 31.0. The van der Waals surface area contributed by atoms with E-state index >= 15 is 0 Å². The van der Waals surface area contributed by atoms with E-state index in [0.717, 1.165) is 9.87 Å². The third-order valence-corrected chi connectivity index (χ3v) is 9.73. The molecule has 7 nitrogen and oxygen atoms in total. The van der Waals surface area contributed by atoms with Crippen LogP contribution in [0.15, 0.2) is 77.7 Å². The van der Waals surface area contributed by atoms with Crippen LogP contribution in [0.25, 0.3) is 0 Å². The summed E-state index contributed by atoms with van der Waals surface area (Å²) in [7, 11) is -4.15. The Morgan fingerprint density at radius 2 is 1.43 bits per heavy atom. The lowest BCUT2D eigenvalue weighted by atomic mass is 10.0. The van der Waals surface area contributed by atoms with E-state index in [2.05, 4.69) is 5.32 Å². The van der Waals surface area contributed by atoms with Crippen molar-refractivity contribution < 1.29 is 18.0 Å². The van der Waals surface area contributed by atoms with Gasteiger partial charge in [0.05, 0.1) is 10.6 Å². The van der Waals surface area contributed by atoms with Gasteiger partial charge >= 0.3 is 0 Å². The molecule has 2 amide bonds. The van der Waals surface area contributed by atoms with Crippen LogP contribution < -0.4 is 9.62 Å². The zero-order valence-electron chi connectivity index (χ0n) is 24.7. The number of carbonyl (C=O) groups excluding carboxylic acids is 2. The smallest absolute Gasteiger partial charge is 0.264 e. The summed E-state index contributed by atoms with van der Waals surface area (Å²) >= 11 is 13.0. The van der Waals surface area contributed by atoms with E-state index in [1.54, 1.807) is 55.5 Å². The molecule has 3 aromatic carbocycles. The highest BCUT2D eigenvalue weighted by Gasteiger charge is 2.34. The molecule has 0 spiro atoms. The molecular formula is C32H39Cl2N3O4S. The lowest BCUT2D eigenvalue weighted by molar-refractivity contribution is -0.140. The number of anilines is 1. The highest BCUT2D eigenvalue weighted by molar-refractivity contribution is 7.92. The molecule has 2 atom stereocenters. The fourth-order valence-electron chi connectivity index (χ4n) is 4.49. The van der Waals surface area contributed by atoms with Gasteiger partial charge in [-0.05, 0) is 67.6 Å². The maximum atomic E-state index is 14.2. The van der Waals surface area contributed by atoms with E-state index in [1.807, 2.05) is 39.8 Å². The Bertz CT molecular complexity index is 1440.